The van der Waals surface area contributed by atoms with Crippen LogP contribution >= 0.6 is 7.60 Å². The van der Waals surface area contributed by atoms with Crippen LogP contribution < -0.4 is 20.5 Å². The lowest BCUT2D eigenvalue weighted by atomic mass is 10.1. The minimum atomic E-state index is -4.74. The quantitative estimate of drug-likeness (QED) is 0.427. The van der Waals surface area contributed by atoms with Crippen molar-refractivity contribution in [2.24, 2.45) is 0 Å². The lowest BCUT2D eigenvalue weighted by Gasteiger charge is -2.11. The molecule has 0 amide bonds. The maximum atomic E-state index is 14.5. The van der Waals surface area contributed by atoms with Crippen molar-refractivity contribution >= 4 is 34.8 Å². The summed E-state index contributed by atoms with van der Waals surface area (Å²) in [6.07, 6.45) is 5.54. The fourth-order valence-corrected chi connectivity index (χ4v) is 5.73. The van der Waals surface area contributed by atoms with Crippen molar-refractivity contribution in [3.05, 3.63) is 58.4 Å². The zero-order chi connectivity index (χ0) is 23.6. The molecule has 2 aromatic carbocycles. The van der Waals surface area contributed by atoms with Gasteiger partial charge in [-0.3, -0.25) is 13.7 Å². The second-order valence-electron chi connectivity index (χ2n) is 8.69. The normalized spacial score (nSPS) is 16.2. The van der Waals surface area contributed by atoms with Crippen LogP contribution in [0.15, 0.2) is 41.3 Å². The summed E-state index contributed by atoms with van der Waals surface area (Å²) in [5.41, 5.74) is 2.10. The number of ether oxygens (including phenoxy) is 2. The predicted molar refractivity (Wildman–Crippen MR) is 122 cm³/mol. The molecule has 9 nitrogen and oxygen atoms in total. The first-order valence-electron chi connectivity index (χ1n) is 11.0. The second kappa shape index (κ2) is 7.66. The van der Waals surface area contributed by atoms with Gasteiger partial charge in [0.2, 0.25) is 6.79 Å². The highest BCUT2D eigenvalue weighted by molar-refractivity contribution is 7.60. The number of hydrogen-bond acceptors (Lipinski definition) is 5. The molecule has 1 aliphatic carbocycles. The van der Waals surface area contributed by atoms with Crippen LogP contribution in [0.3, 0.4) is 0 Å². The van der Waals surface area contributed by atoms with Crippen molar-refractivity contribution in [1.29, 1.82) is 0 Å². The van der Waals surface area contributed by atoms with Gasteiger partial charge in [-0.05, 0) is 42.7 Å². The van der Waals surface area contributed by atoms with Gasteiger partial charge in [-0.25, -0.2) is 14.2 Å². The molecule has 2 aromatic heterocycles. The van der Waals surface area contributed by atoms with Gasteiger partial charge >= 0.3 is 13.3 Å². The highest BCUT2D eigenvalue weighted by Gasteiger charge is 2.28. The molecule has 1 saturated carbocycles. The summed E-state index contributed by atoms with van der Waals surface area (Å²) >= 11 is 0. The first-order chi connectivity index (χ1) is 16.3. The molecule has 176 valence electrons. The standard InChI is InChI=1S/C23H21FN3O6P/c24-16-9-13(5-8-19(16)34(29,30)31)11-26-21-15-6-7-18-22(33-12-32-18)20(15)25-10-17(21)27(23(26)28)14-3-1-2-4-14/h5-10,14H,1-4,11-12H2,(H2,29,30,31). The van der Waals surface area contributed by atoms with Gasteiger partial charge in [0.1, 0.15) is 11.3 Å². The van der Waals surface area contributed by atoms with Crippen LogP contribution in [0.4, 0.5) is 4.39 Å². The first-order valence-corrected chi connectivity index (χ1v) is 12.6. The largest absolute Gasteiger partial charge is 0.454 e. The molecule has 4 aromatic rings. The Morgan fingerprint density at radius 3 is 2.68 bits per heavy atom. The van der Waals surface area contributed by atoms with E-state index < -0.39 is 18.7 Å². The average molecular weight is 485 g/mol. The fraction of sp³-hybridized carbons (Fsp3) is 0.304. The molecule has 0 radical (unpaired) electrons. The van der Waals surface area contributed by atoms with Crippen molar-refractivity contribution in [1.82, 2.24) is 14.1 Å². The molecule has 2 N–H and O–H groups in total. The molecule has 3 heterocycles. The number of nitrogens with zero attached hydrogens (tertiary/aromatic N) is 3. The van der Waals surface area contributed by atoms with E-state index in [2.05, 4.69) is 4.98 Å². The lowest BCUT2D eigenvalue weighted by molar-refractivity contribution is 0.174. The van der Waals surface area contributed by atoms with Crippen LogP contribution in [0.1, 0.15) is 37.3 Å². The van der Waals surface area contributed by atoms with Gasteiger partial charge in [0.15, 0.2) is 11.5 Å². The minimum Gasteiger partial charge on any atom is -0.454 e. The van der Waals surface area contributed by atoms with E-state index in [4.69, 9.17) is 9.47 Å². The van der Waals surface area contributed by atoms with Crippen molar-refractivity contribution in [2.45, 2.75) is 38.3 Å². The Labute approximate surface area is 192 Å². The van der Waals surface area contributed by atoms with Crippen LogP contribution in [0.25, 0.3) is 21.9 Å². The molecule has 11 heteroatoms. The highest BCUT2D eigenvalue weighted by atomic mass is 31.2. The number of hydrogen-bond donors (Lipinski definition) is 2. The van der Waals surface area contributed by atoms with Gasteiger partial charge in [-0.15, -0.1) is 0 Å². The number of imidazole rings is 1. The molecule has 0 atom stereocenters. The summed E-state index contributed by atoms with van der Waals surface area (Å²) in [5, 5.41) is 0.0437. The molecular weight excluding hydrogens is 464 g/mol. The maximum absolute atomic E-state index is 14.5. The van der Waals surface area contributed by atoms with E-state index >= 15 is 0 Å². The zero-order valence-corrected chi connectivity index (χ0v) is 18.9. The topological polar surface area (TPSA) is 116 Å². The third kappa shape index (κ3) is 3.25. The van der Waals surface area contributed by atoms with Crippen LogP contribution in [-0.4, -0.2) is 30.7 Å². The van der Waals surface area contributed by atoms with Crippen LogP contribution in [0, 0.1) is 5.82 Å². The molecule has 0 saturated heterocycles. The Bertz CT molecular complexity index is 1570. The summed E-state index contributed by atoms with van der Waals surface area (Å²) in [5.74, 6) is 0.0935. The Balaban J connectivity index is 1.58. The van der Waals surface area contributed by atoms with Gasteiger partial charge in [0.05, 0.1) is 29.1 Å². The maximum Gasteiger partial charge on any atom is 0.359 e. The zero-order valence-electron chi connectivity index (χ0n) is 18.0. The van der Waals surface area contributed by atoms with Crippen molar-refractivity contribution < 1.29 is 28.2 Å². The summed E-state index contributed by atoms with van der Waals surface area (Å²) in [6, 6.07) is 7.24. The summed E-state index contributed by atoms with van der Waals surface area (Å²) in [6.45, 7) is 0.121. The van der Waals surface area contributed by atoms with E-state index in [0.717, 1.165) is 37.8 Å². The average Bonchev–Trinajstić information content (AvgIpc) is 3.53. The second-order valence-corrected chi connectivity index (χ2v) is 10.3. The van der Waals surface area contributed by atoms with Crippen LogP contribution in [0.5, 0.6) is 11.5 Å². The van der Waals surface area contributed by atoms with E-state index in [1.807, 2.05) is 6.07 Å². The molecular formula is C23H21FN3O6P. The number of pyridine rings is 1. The number of fused-ring (bicyclic) bond motifs is 5. The van der Waals surface area contributed by atoms with E-state index in [1.54, 1.807) is 21.4 Å². The van der Waals surface area contributed by atoms with E-state index in [1.165, 1.54) is 6.07 Å². The lowest BCUT2D eigenvalue weighted by Crippen LogP contribution is -2.27. The number of aromatic nitrogens is 3. The molecule has 0 unspecified atom stereocenters. The first kappa shape index (κ1) is 21.3. The van der Waals surface area contributed by atoms with E-state index in [0.29, 0.717) is 39.0 Å². The fourth-order valence-electron chi connectivity index (χ4n) is 5.12. The molecule has 0 bridgehead atoms. The molecule has 6 rings (SSSR count). The Morgan fingerprint density at radius 2 is 1.94 bits per heavy atom. The van der Waals surface area contributed by atoms with Crippen molar-refractivity contribution in [3.63, 3.8) is 0 Å². The van der Waals surface area contributed by atoms with Gasteiger partial charge in [-0.1, -0.05) is 18.9 Å². The molecule has 2 aliphatic rings. The Morgan fingerprint density at radius 1 is 1.15 bits per heavy atom. The number of rotatable bonds is 4. The summed E-state index contributed by atoms with van der Waals surface area (Å²) < 4.78 is 40.4. The molecule has 34 heavy (non-hydrogen) atoms. The van der Waals surface area contributed by atoms with Gasteiger partial charge in [0, 0.05) is 11.4 Å². The summed E-state index contributed by atoms with van der Waals surface area (Å²) in [7, 11) is -4.74. The minimum absolute atomic E-state index is 0.0287. The predicted octanol–water partition coefficient (Wildman–Crippen LogP) is 3.19. The van der Waals surface area contributed by atoms with Crippen molar-refractivity contribution in [3.8, 4) is 11.5 Å². The van der Waals surface area contributed by atoms with Crippen LogP contribution in [0.2, 0.25) is 0 Å². The van der Waals surface area contributed by atoms with Gasteiger partial charge in [0.25, 0.3) is 0 Å². The molecule has 1 aliphatic heterocycles. The Kier molecular flexibility index (Phi) is 4.81. The number of benzene rings is 2. The Hall–Kier alpha value is -3.20. The van der Waals surface area contributed by atoms with Gasteiger partial charge in [-0.2, -0.15) is 0 Å². The van der Waals surface area contributed by atoms with Crippen LogP contribution in [-0.2, 0) is 11.1 Å². The van der Waals surface area contributed by atoms with E-state index in [-0.39, 0.29) is 25.1 Å². The molecule has 1 fully saturated rings. The monoisotopic (exact) mass is 485 g/mol. The molecule has 0 spiro atoms. The SMILES string of the molecule is O=c1n(Cc2ccc(P(=O)(O)O)c(F)c2)c2c3ccc4c(c3ncc2n1C1CCCC1)OCO4. The third-order valence-corrected chi connectivity index (χ3v) is 7.64. The third-order valence-electron chi connectivity index (χ3n) is 6.65. The van der Waals surface area contributed by atoms with E-state index in [9.17, 15) is 23.5 Å². The number of halogens is 1. The van der Waals surface area contributed by atoms with Gasteiger partial charge < -0.3 is 19.3 Å². The van der Waals surface area contributed by atoms with Crippen molar-refractivity contribution in [2.75, 3.05) is 6.79 Å². The highest BCUT2D eigenvalue weighted by Crippen LogP contribution is 2.41. The smallest absolute Gasteiger partial charge is 0.359 e. The summed E-state index contributed by atoms with van der Waals surface area (Å²) in [4.78, 5) is 37.0.